The number of hydrogen-bond acceptors (Lipinski definition) is 5. The van der Waals surface area contributed by atoms with Crippen LogP contribution in [0.5, 0.6) is 0 Å². The highest BCUT2D eigenvalue weighted by atomic mass is 16.5. The molecule has 0 saturated heterocycles. The zero-order chi connectivity index (χ0) is 23.2. The molecule has 4 rings (SSSR count). The van der Waals surface area contributed by atoms with E-state index in [2.05, 4.69) is 10.6 Å². The van der Waals surface area contributed by atoms with Gasteiger partial charge in [0.05, 0.1) is 12.5 Å². The Labute approximate surface area is 190 Å². The summed E-state index contributed by atoms with van der Waals surface area (Å²) in [5, 5.41) is 14.2. The van der Waals surface area contributed by atoms with E-state index in [1.54, 1.807) is 6.07 Å². The summed E-state index contributed by atoms with van der Waals surface area (Å²) in [6, 6.07) is 16.6. The van der Waals surface area contributed by atoms with Crippen molar-refractivity contribution < 1.29 is 28.6 Å². The average Bonchev–Trinajstić information content (AvgIpc) is 3.45. The van der Waals surface area contributed by atoms with Crippen molar-refractivity contribution in [1.29, 1.82) is 0 Å². The smallest absolute Gasteiger partial charge is 0.407 e. The summed E-state index contributed by atoms with van der Waals surface area (Å²) >= 11 is 0. The number of rotatable bonds is 9. The van der Waals surface area contributed by atoms with E-state index in [-0.39, 0.29) is 31.9 Å². The SMILES string of the molecule is O=C(O)CCC(NC(=O)OCC1c2ccccc2-c2ccccc21)C(=O)NCc1ccoc1. The number of furan rings is 1. The van der Waals surface area contributed by atoms with E-state index in [9.17, 15) is 14.4 Å². The molecule has 8 nitrogen and oxygen atoms in total. The maximum atomic E-state index is 12.6. The Balaban J connectivity index is 1.39. The largest absolute Gasteiger partial charge is 0.481 e. The minimum absolute atomic E-state index is 0.0588. The molecule has 2 amide bonds. The first-order valence-corrected chi connectivity index (χ1v) is 10.6. The van der Waals surface area contributed by atoms with E-state index in [1.165, 1.54) is 12.5 Å². The highest BCUT2D eigenvalue weighted by molar-refractivity contribution is 5.86. The van der Waals surface area contributed by atoms with Gasteiger partial charge >= 0.3 is 12.1 Å². The molecular weight excluding hydrogens is 424 g/mol. The molecule has 2 aromatic carbocycles. The molecule has 0 saturated carbocycles. The molecule has 1 atom stereocenters. The molecule has 8 heteroatoms. The van der Waals surface area contributed by atoms with Crippen LogP contribution in [0.4, 0.5) is 4.79 Å². The molecule has 0 spiro atoms. The van der Waals surface area contributed by atoms with Crippen molar-refractivity contribution in [2.45, 2.75) is 31.3 Å². The Morgan fingerprint density at radius 1 is 1.00 bits per heavy atom. The summed E-state index contributed by atoms with van der Waals surface area (Å²) in [6.07, 6.45) is 1.87. The van der Waals surface area contributed by atoms with Crippen LogP contribution in [0.15, 0.2) is 71.5 Å². The second-order valence-corrected chi connectivity index (χ2v) is 7.80. The van der Waals surface area contributed by atoms with Crippen LogP contribution in [0, 0.1) is 0 Å². The van der Waals surface area contributed by atoms with Crippen molar-refractivity contribution in [3.63, 3.8) is 0 Å². The number of benzene rings is 2. The molecule has 170 valence electrons. The molecule has 1 aliphatic rings. The van der Waals surface area contributed by atoms with Gasteiger partial charge in [0.1, 0.15) is 12.6 Å². The Morgan fingerprint density at radius 3 is 2.27 bits per heavy atom. The quantitative estimate of drug-likeness (QED) is 0.460. The molecule has 3 aromatic rings. The summed E-state index contributed by atoms with van der Waals surface area (Å²) < 4.78 is 10.4. The molecule has 0 fully saturated rings. The van der Waals surface area contributed by atoms with Gasteiger partial charge in [-0.1, -0.05) is 48.5 Å². The van der Waals surface area contributed by atoms with E-state index in [1.807, 2.05) is 48.5 Å². The Kier molecular flexibility index (Phi) is 6.73. The molecule has 1 aromatic heterocycles. The zero-order valence-electron chi connectivity index (χ0n) is 17.8. The van der Waals surface area contributed by atoms with Gasteiger partial charge in [-0.3, -0.25) is 9.59 Å². The van der Waals surface area contributed by atoms with Crippen LogP contribution < -0.4 is 10.6 Å². The van der Waals surface area contributed by atoms with E-state index in [0.29, 0.717) is 0 Å². The van der Waals surface area contributed by atoms with Crippen LogP contribution in [0.25, 0.3) is 11.1 Å². The fraction of sp³-hybridized carbons (Fsp3) is 0.240. The monoisotopic (exact) mass is 448 g/mol. The third kappa shape index (κ3) is 5.23. The number of amides is 2. The lowest BCUT2D eigenvalue weighted by Crippen LogP contribution is -2.47. The minimum Gasteiger partial charge on any atom is -0.481 e. The average molecular weight is 448 g/mol. The first-order valence-electron chi connectivity index (χ1n) is 10.6. The molecule has 1 aliphatic carbocycles. The van der Waals surface area contributed by atoms with Gasteiger partial charge in [0, 0.05) is 24.4 Å². The van der Waals surface area contributed by atoms with Gasteiger partial charge in [0.2, 0.25) is 5.91 Å². The van der Waals surface area contributed by atoms with E-state index < -0.39 is 24.0 Å². The molecule has 0 radical (unpaired) electrons. The summed E-state index contributed by atoms with van der Waals surface area (Å²) in [7, 11) is 0. The normalized spacial score (nSPS) is 13.0. The number of carbonyl (C=O) groups excluding carboxylic acids is 2. The number of nitrogens with one attached hydrogen (secondary N) is 2. The van der Waals surface area contributed by atoms with E-state index >= 15 is 0 Å². The van der Waals surface area contributed by atoms with Gasteiger partial charge in [0.15, 0.2) is 0 Å². The lowest BCUT2D eigenvalue weighted by atomic mass is 9.98. The number of carbonyl (C=O) groups is 3. The number of carboxylic acids is 1. The van der Waals surface area contributed by atoms with Crippen LogP contribution >= 0.6 is 0 Å². The third-order valence-electron chi connectivity index (χ3n) is 5.65. The maximum absolute atomic E-state index is 12.6. The van der Waals surface area contributed by atoms with Crippen molar-refractivity contribution in [2.75, 3.05) is 6.61 Å². The Hall–Kier alpha value is -4.07. The van der Waals surface area contributed by atoms with Crippen molar-refractivity contribution in [1.82, 2.24) is 10.6 Å². The second kappa shape index (κ2) is 10.0. The highest BCUT2D eigenvalue weighted by Gasteiger charge is 2.30. The van der Waals surface area contributed by atoms with Crippen LogP contribution in [0.3, 0.4) is 0 Å². The molecule has 0 aliphatic heterocycles. The van der Waals surface area contributed by atoms with Gasteiger partial charge in [-0.15, -0.1) is 0 Å². The molecule has 3 N–H and O–H groups in total. The van der Waals surface area contributed by atoms with Crippen LogP contribution in [-0.4, -0.2) is 35.7 Å². The summed E-state index contributed by atoms with van der Waals surface area (Å²) in [5.74, 6) is -1.67. The Bertz CT molecular complexity index is 1100. The maximum Gasteiger partial charge on any atom is 0.407 e. The molecule has 1 unspecified atom stereocenters. The predicted molar refractivity (Wildman–Crippen MR) is 119 cm³/mol. The van der Waals surface area contributed by atoms with E-state index in [0.717, 1.165) is 27.8 Å². The first-order chi connectivity index (χ1) is 16.0. The van der Waals surface area contributed by atoms with Gasteiger partial charge in [-0.2, -0.15) is 0 Å². The first kappa shape index (κ1) is 22.1. The van der Waals surface area contributed by atoms with Crippen LogP contribution in [-0.2, 0) is 20.9 Å². The van der Waals surface area contributed by atoms with Crippen LogP contribution in [0.1, 0.15) is 35.4 Å². The van der Waals surface area contributed by atoms with Gasteiger partial charge in [0.25, 0.3) is 0 Å². The Morgan fingerprint density at radius 2 is 1.67 bits per heavy atom. The van der Waals surface area contributed by atoms with Crippen LogP contribution in [0.2, 0.25) is 0 Å². The topological polar surface area (TPSA) is 118 Å². The summed E-state index contributed by atoms with van der Waals surface area (Å²) in [4.78, 5) is 36.1. The molecular formula is C25H24N2O6. The number of alkyl carbamates (subject to hydrolysis) is 1. The van der Waals surface area contributed by atoms with Gasteiger partial charge in [-0.25, -0.2) is 4.79 Å². The molecule has 0 bridgehead atoms. The van der Waals surface area contributed by atoms with Crippen molar-refractivity contribution in [2.24, 2.45) is 0 Å². The number of ether oxygens (including phenoxy) is 1. The zero-order valence-corrected chi connectivity index (χ0v) is 17.8. The predicted octanol–water partition coefficient (Wildman–Crippen LogP) is 3.67. The van der Waals surface area contributed by atoms with E-state index in [4.69, 9.17) is 14.3 Å². The highest BCUT2D eigenvalue weighted by Crippen LogP contribution is 2.44. The third-order valence-corrected chi connectivity index (χ3v) is 5.65. The number of aliphatic carboxylic acids is 1. The fourth-order valence-corrected chi connectivity index (χ4v) is 4.02. The minimum atomic E-state index is -1.06. The van der Waals surface area contributed by atoms with Gasteiger partial charge in [-0.05, 0) is 34.7 Å². The standard InChI is InChI=1S/C25H24N2O6/c28-23(29)10-9-22(24(30)26-13-16-11-12-32-14-16)27-25(31)33-15-21-19-7-3-1-5-17(19)18-6-2-4-8-20(18)21/h1-8,11-12,14,21-22H,9-10,13,15H2,(H,26,30)(H,27,31)(H,28,29). The number of fused-ring (bicyclic) bond motifs is 3. The fourth-order valence-electron chi connectivity index (χ4n) is 4.02. The van der Waals surface area contributed by atoms with Crippen molar-refractivity contribution >= 4 is 18.0 Å². The molecule has 33 heavy (non-hydrogen) atoms. The second-order valence-electron chi connectivity index (χ2n) is 7.80. The number of carboxylic acid groups (broad SMARTS) is 1. The van der Waals surface area contributed by atoms with Gasteiger partial charge < -0.3 is 24.9 Å². The number of hydrogen-bond donors (Lipinski definition) is 3. The molecule has 1 heterocycles. The van der Waals surface area contributed by atoms with Crippen molar-refractivity contribution in [3.05, 3.63) is 83.8 Å². The summed E-state index contributed by atoms with van der Waals surface area (Å²) in [6.45, 7) is 0.299. The summed E-state index contributed by atoms with van der Waals surface area (Å²) in [5.41, 5.74) is 5.13. The lowest BCUT2D eigenvalue weighted by molar-refractivity contribution is -0.137. The van der Waals surface area contributed by atoms with Crippen molar-refractivity contribution in [3.8, 4) is 11.1 Å². The lowest BCUT2D eigenvalue weighted by Gasteiger charge is -2.19.